The van der Waals surface area contributed by atoms with Crippen LogP contribution in [0, 0.1) is 19.8 Å². The zero-order chi connectivity index (χ0) is 17.3. The van der Waals surface area contributed by atoms with E-state index in [1.165, 1.54) is 0 Å². The van der Waals surface area contributed by atoms with Gasteiger partial charge in [0.2, 0.25) is 11.8 Å². The molecule has 0 unspecified atom stereocenters. The lowest BCUT2D eigenvalue weighted by Gasteiger charge is -2.20. The summed E-state index contributed by atoms with van der Waals surface area (Å²) in [5.41, 5.74) is 1.68. The molecule has 1 aliphatic rings. The van der Waals surface area contributed by atoms with Crippen LogP contribution in [0.15, 0.2) is 22.7 Å². The van der Waals surface area contributed by atoms with Crippen molar-refractivity contribution in [2.24, 2.45) is 5.92 Å². The Balaban J connectivity index is 1.76. The zero-order valence-electron chi connectivity index (χ0n) is 13.7. The van der Waals surface area contributed by atoms with Crippen molar-refractivity contribution in [2.75, 3.05) is 23.9 Å². The van der Waals surface area contributed by atoms with Crippen LogP contribution in [0.1, 0.15) is 17.8 Å². The highest BCUT2D eigenvalue weighted by molar-refractivity contribution is 6.03. The number of anilines is 2. The number of aromatic nitrogens is 2. The average Bonchev–Trinajstić information content (AvgIpc) is 3.13. The van der Waals surface area contributed by atoms with Gasteiger partial charge in [-0.05, 0) is 31.5 Å². The molecule has 1 fully saturated rings. The van der Waals surface area contributed by atoms with Gasteiger partial charge in [0.25, 0.3) is 0 Å². The van der Waals surface area contributed by atoms with E-state index in [0.29, 0.717) is 17.3 Å². The first-order valence-electron chi connectivity index (χ1n) is 7.54. The Morgan fingerprint density at radius 2 is 2.21 bits per heavy atom. The maximum atomic E-state index is 12.4. The Bertz CT molecular complexity index is 786. The molecular weight excluding hydrogens is 312 g/mol. The van der Waals surface area contributed by atoms with Crippen LogP contribution < -0.4 is 15.0 Å². The van der Waals surface area contributed by atoms with Crippen molar-refractivity contribution >= 4 is 23.5 Å². The summed E-state index contributed by atoms with van der Waals surface area (Å²) in [4.78, 5) is 30.2. The third kappa shape index (κ3) is 3.08. The molecule has 0 bridgehead atoms. The van der Waals surface area contributed by atoms with E-state index in [1.807, 2.05) is 25.1 Å². The smallest absolute Gasteiger partial charge is 0.328 e. The minimum Gasteiger partial charge on any atom is -0.495 e. The van der Waals surface area contributed by atoms with Crippen LogP contribution in [0.5, 0.6) is 5.75 Å². The Labute approximate surface area is 138 Å². The predicted molar refractivity (Wildman–Crippen MR) is 85.9 cm³/mol. The number of carbonyl (C=O) groups excluding carboxylic acids is 2. The number of methoxy groups -OCH3 is 1. The molecule has 0 radical (unpaired) electrons. The molecule has 0 aliphatic carbocycles. The first kappa shape index (κ1) is 16.0. The Morgan fingerprint density at radius 1 is 1.42 bits per heavy atom. The van der Waals surface area contributed by atoms with Crippen molar-refractivity contribution in [3.63, 3.8) is 0 Å². The lowest BCUT2D eigenvalue weighted by Crippen LogP contribution is -2.28. The lowest BCUT2D eigenvalue weighted by molar-refractivity contribution is -0.122. The molecule has 1 aromatic heterocycles. The lowest BCUT2D eigenvalue weighted by atomic mass is 10.1. The summed E-state index contributed by atoms with van der Waals surface area (Å²) >= 11 is 0. The van der Waals surface area contributed by atoms with Crippen LogP contribution in [0.4, 0.5) is 11.7 Å². The molecule has 1 atom stereocenters. The molecular formula is C16H18N4O4. The zero-order valence-corrected chi connectivity index (χ0v) is 13.7. The van der Waals surface area contributed by atoms with Crippen molar-refractivity contribution in [3.8, 4) is 5.75 Å². The first-order chi connectivity index (χ1) is 11.5. The third-order valence-corrected chi connectivity index (χ3v) is 3.88. The molecule has 8 heteroatoms. The molecule has 8 nitrogen and oxygen atoms in total. The highest BCUT2D eigenvalue weighted by atomic mass is 16.5. The Morgan fingerprint density at radius 3 is 2.88 bits per heavy atom. The fraction of sp³-hybridized carbons (Fsp3) is 0.375. The molecule has 126 valence electrons. The van der Waals surface area contributed by atoms with E-state index in [-0.39, 0.29) is 30.8 Å². The van der Waals surface area contributed by atoms with E-state index in [9.17, 15) is 9.59 Å². The highest BCUT2D eigenvalue weighted by Gasteiger charge is 2.36. The van der Waals surface area contributed by atoms with Crippen LogP contribution >= 0.6 is 0 Å². The van der Waals surface area contributed by atoms with Crippen molar-refractivity contribution in [3.05, 3.63) is 29.6 Å². The van der Waals surface area contributed by atoms with E-state index in [1.54, 1.807) is 18.9 Å². The van der Waals surface area contributed by atoms with Crippen molar-refractivity contribution in [2.45, 2.75) is 20.3 Å². The van der Waals surface area contributed by atoms with Gasteiger partial charge in [-0.2, -0.15) is 4.98 Å². The monoisotopic (exact) mass is 330 g/mol. The number of amides is 2. The summed E-state index contributed by atoms with van der Waals surface area (Å²) in [5, 5.41) is 6.16. The van der Waals surface area contributed by atoms with Crippen LogP contribution in [0.2, 0.25) is 0 Å². The normalized spacial score (nSPS) is 17.2. The highest BCUT2D eigenvalue weighted by Crippen LogP contribution is 2.34. The van der Waals surface area contributed by atoms with Gasteiger partial charge in [-0.15, -0.1) is 0 Å². The maximum absolute atomic E-state index is 12.4. The second-order valence-corrected chi connectivity index (χ2v) is 5.72. The van der Waals surface area contributed by atoms with Crippen molar-refractivity contribution < 1.29 is 18.8 Å². The summed E-state index contributed by atoms with van der Waals surface area (Å²) in [7, 11) is 1.55. The van der Waals surface area contributed by atoms with Gasteiger partial charge in [0, 0.05) is 13.0 Å². The van der Waals surface area contributed by atoms with E-state index < -0.39 is 5.92 Å². The van der Waals surface area contributed by atoms with Gasteiger partial charge in [0.15, 0.2) is 5.82 Å². The summed E-state index contributed by atoms with van der Waals surface area (Å²) < 4.78 is 10.2. The third-order valence-electron chi connectivity index (χ3n) is 3.88. The predicted octanol–water partition coefficient (Wildman–Crippen LogP) is 1.69. The van der Waals surface area contributed by atoms with Gasteiger partial charge in [-0.3, -0.25) is 14.9 Å². The summed E-state index contributed by atoms with van der Waals surface area (Å²) in [5.74, 6) is 0.0956. The number of nitrogens with one attached hydrogen (secondary N) is 1. The molecule has 2 heterocycles. The van der Waals surface area contributed by atoms with Crippen LogP contribution in [0.25, 0.3) is 0 Å². The minimum atomic E-state index is -0.491. The maximum Gasteiger partial charge on any atom is 0.328 e. The van der Waals surface area contributed by atoms with Gasteiger partial charge < -0.3 is 14.2 Å². The van der Waals surface area contributed by atoms with Crippen LogP contribution in [0.3, 0.4) is 0 Å². The number of ether oxygens (including phenoxy) is 1. The molecule has 0 saturated carbocycles. The van der Waals surface area contributed by atoms with Crippen molar-refractivity contribution in [1.29, 1.82) is 0 Å². The average molecular weight is 330 g/mol. The number of aryl methyl sites for hydroxylation is 2. The first-order valence-corrected chi connectivity index (χ1v) is 7.54. The molecule has 2 aromatic rings. The minimum absolute atomic E-state index is 0.0385. The molecule has 24 heavy (non-hydrogen) atoms. The quantitative estimate of drug-likeness (QED) is 0.916. The van der Waals surface area contributed by atoms with Gasteiger partial charge in [0.1, 0.15) is 5.75 Å². The fourth-order valence-electron chi connectivity index (χ4n) is 2.68. The van der Waals surface area contributed by atoms with E-state index in [4.69, 9.17) is 9.26 Å². The number of hydrogen-bond acceptors (Lipinski definition) is 6. The second kappa shape index (κ2) is 6.31. The SMILES string of the molecule is COc1ccc(C)cc1N1C[C@H](C(=O)Nc2nc(C)no2)CC1=O. The number of carbonyl (C=O) groups is 2. The molecule has 1 aliphatic heterocycles. The van der Waals surface area contributed by atoms with E-state index in [2.05, 4.69) is 15.5 Å². The molecule has 2 amide bonds. The Kier molecular flexibility index (Phi) is 4.20. The summed E-state index contributed by atoms with van der Waals surface area (Å²) in [6.07, 6.45) is 0.121. The van der Waals surface area contributed by atoms with Crippen LogP contribution in [-0.4, -0.2) is 35.6 Å². The topological polar surface area (TPSA) is 97.6 Å². The Hall–Kier alpha value is -2.90. The second-order valence-electron chi connectivity index (χ2n) is 5.72. The molecule has 1 aromatic carbocycles. The van der Waals surface area contributed by atoms with Crippen molar-refractivity contribution in [1.82, 2.24) is 10.1 Å². The van der Waals surface area contributed by atoms with Gasteiger partial charge in [0.05, 0.1) is 18.7 Å². The van der Waals surface area contributed by atoms with Gasteiger partial charge >= 0.3 is 6.01 Å². The van der Waals surface area contributed by atoms with Gasteiger partial charge in [-0.1, -0.05) is 11.2 Å². The molecule has 0 spiro atoms. The largest absolute Gasteiger partial charge is 0.495 e. The van der Waals surface area contributed by atoms with E-state index in [0.717, 1.165) is 5.56 Å². The number of hydrogen-bond donors (Lipinski definition) is 1. The number of benzene rings is 1. The van der Waals surface area contributed by atoms with E-state index >= 15 is 0 Å². The summed E-state index contributed by atoms with van der Waals surface area (Å²) in [6.45, 7) is 3.87. The van der Waals surface area contributed by atoms with Gasteiger partial charge in [-0.25, -0.2) is 0 Å². The number of rotatable bonds is 4. The number of nitrogens with zero attached hydrogens (tertiary/aromatic N) is 3. The molecule has 1 N–H and O–H groups in total. The summed E-state index contributed by atoms with van der Waals surface area (Å²) in [6, 6.07) is 5.63. The molecule has 1 saturated heterocycles. The van der Waals surface area contributed by atoms with Crippen LogP contribution in [-0.2, 0) is 9.59 Å². The standard InChI is InChI=1S/C16H18N4O4/c1-9-4-5-13(23-3)12(6-9)20-8-11(7-14(20)21)15(22)18-16-17-10(2)19-24-16/h4-6,11H,7-8H2,1-3H3,(H,17,18,19,22)/t11-/m1/s1. The molecule has 3 rings (SSSR count). The fourth-order valence-corrected chi connectivity index (χ4v) is 2.68.